The van der Waals surface area contributed by atoms with Crippen molar-refractivity contribution in [1.82, 2.24) is 10.2 Å². The van der Waals surface area contributed by atoms with Crippen molar-refractivity contribution in [3.8, 4) is 0 Å². The number of anilines is 1. The number of carbonyl (C=O) groups excluding carboxylic acids is 4. The zero-order chi connectivity index (χ0) is 20.1. The molecule has 1 aromatic carbocycles. The van der Waals surface area contributed by atoms with E-state index in [-0.39, 0.29) is 36.7 Å². The molecule has 1 N–H and O–H groups in total. The lowest BCUT2D eigenvalue weighted by molar-refractivity contribution is -0.141. The van der Waals surface area contributed by atoms with Crippen LogP contribution in [0.2, 0.25) is 0 Å². The maximum absolute atomic E-state index is 12.5. The van der Waals surface area contributed by atoms with Crippen LogP contribution in [0.15, 0.2) is 24.3 Å². The fraction of sp³-hybridized carbons (Fsp3) is 0.500. The van der Waals surface area contributed by atoms with E-state index in [4.69, 9.17) is 0 Å². The van der Waals surface area contributed by atoms with E-state index in [2.05, 4.69) is 10.1 Å². The second-order valence-electron chi connectivity index (χ2n) is 7.02. The Balaban J connectivity index is 1.55. The van der Waals surface area contributed by atoms with Crippen LogP contribution in [0.4, 0.5) is 5.69 Å². The molecule has 2 heterocycles. The molecule has 0 radical (unpaired) electrons. The van der Waals surface area contributed by atoms with Crippen LogP contribution in [-0.2, 0) is 19.1 Å². The zero-order valence-electron chi connectivity index (χ0n) is 16.0. The first-order chi connectivity index (χ1) is 13.5. The molecule has 0 saturated carbocycles. The molecule has 2 aliphatic heterocycles. The Labute approximate surface area is 163 Å². The van der Waals surface area contributed by atoms with Crippen LogP contribution < -0.4 is 10.2 Å². The molecule has 8 heteroatoms. The second kappa shape index (κ2) is 8.86. The Kier molecular flexibility index (Phi) is 6.28. The van der Waals surface area contributed by atoms with Gasteiger partial charge in [0.25, 0.3) is 5.91 Å². The quantitative estimate of drug-likeness (QED) is 0.738. The number of hydrogen-bond acceptors (Lipinski definition) is 5. The minimum absolute atomic E-state index is 0.104. The van der Waals surface area contributed by atoms with Crippen molar-refractivity contribution in [2.24, 2.45) is 0 Å². The molecular weight excluding hydrogens is 362 g/mol. The number of amides is 3. The van der Waals surface area contributed by atoms with Crippen molar-refractivity contribution in [1.29, 1.82) is 0 Å². The Morgan fingerprint density at radius 3 is 2.57 bits per heavy atom. The highest BCUT2D eigenvalue weighted by molar-refractivity contribution is 5.99. The zero-order valence-corrected chi connectivity index (χ0v) is 16.0. The number of hydrogen-bond donors (Lipinski definition) is 1. The van der Waals surface area contributed by atoms with Crippen LogP contribution in [0.3, 0.4) is 0 Å². The van der Waals surface area contributed by atoms with E-state index in [0.717, 1.165) is 18.5 Å². The van der Waals surface area contributed by atoms with Gasteiger partial charge < -0.3 is 19.9 Å². The van der Waals surface area contributed by atoms with Crippen molar-refractivity contribution in [3.63, 3.8) is 0 Å². The molecule has 2 fully saturated rings. The summed E-state index contributed by atoms with van der Waals surface area (Å²) in [6.45, 7) is 1.48. The Hall–Kier alpha value is -2.90. The molecule has 3 amide bonds. The molecule has 1 aromatic rings. The van der Waals surface area contributed by atoms with E-state index in [1.165, 1.54) is 7.11 Å². The van der Waals surface area contributed by atoms with Crippen LogP contribution in [0.25, 0.3) is 0 Å². The molecule has 3 rings (SSSR count). The highest BCUT2D eigenvalue weighted by Crippen LogP contribution is 2.21. The topological polar surface area (TPSA) is 96.0 Å². The molecule has 1 unspecified atom stereocenters. The van der Waals surface area contributed by atoms with Gasteiger partial charge in [-0.1, -0.05) is 0 Å². The number of likely N-dealkylation sites (tertiary alicyclic amines) is 1. The third-order valence-electron chi connectivity index (χ3n) is 5.18. The van der Waals surface area contributed by atoms with Crippen molar-refractivity contribution in [2.75, 3.05) is 31.6 Å². The summed E-state index contributed by atoms with van der Waals surface area (Å²) in [6, 6.07) is 6.27. The highest BCUT2D eigenvalue weighted by atomic mass is 16.5. The van der Waals surface area contributed by atoms with E-state index in [0.29, 0.717) is 31.5 Å². The largest absolute Gasteiger partial charge is 0.469 e. The van der Waals surface area contributed by atoms with Crippen LogP contribution in [-0.4, -0.2) is 61.4 Å². The Morgan fingerprint density at radius 2 is 1.89 bits per heavy atom. The van der Waals surface area contributed by atoms with Crippen molar-refractivity contribution >= 4 is 29.4 Å². The fourth-order valence-corrected chi connectivity index (χ4v) is 3.54. The standard InChI is InChI=1S/C20H25N3O5/c1-28-18(25)10-13-22-12-9-16(20(22)27)21-19(26)14-5-7-15(8-6-14)23-11-3-2-4-17(23)24/h5-8,16H,2-4,9-13H2,1H3,(H,21,26). The smallest absolute Gasteiger partial charge is 0.307 e. The Morgan fingerprint density at radius 1 is 1.14 bits per heavy atom. The van der Waals surface area contributed by atoms with Gasteiger partial charge in [0.05, 0.1) is 13.5 Å². The van der Waals surface area contributed by atoms with Gasteiger partial charge in [-0.2, -0.15) is 0 Å². The van der Waals surface area contributed by atoms with Gasteiger partial charge >= 0.3 is 5.97 Å². The minimum Gasteiger partial charge on any atom is -0.469 e. The lowest BCUT2D eigenvalue weighted by Crippen LogP contribution is -2.42. The second-order valence-corrected chi connectivity index (χ2v) is 7.02. The number of methoxy groups -OCH3 is 1. The van der Waals surface area contributed by atoms with Crippen LogP contribution >= 0.6 is 0 Å². The molecule has 8 nitrogen and oxygen atoms in total. The predicted octanol–water partition coefficient (Wildman–Crippen LogP) is 1.10. The maximum Gasteiger partial charge on any atom is 0.307 e. The number of benzene rings is 1. The van der Waals surface area contributed by atoms with E-state index in [1.807, 2.05) is 0 Å². The minimum atomic E-state index is -0.589. The predicted molar refractivity (Wildman–Crippen MR) is 102 cm³/mol. The van der Waals surface area contributed by atoms with E-state index >= 15 is 0 Å². The van der Waals surface area contributed by atoms with Crippen LogP contribution in [0.1, 0.15) is 42.5 Å². The number of nitrogens with zero attached hydrogens (tertiary/aromatic N) is 2. The third-order valence-corrected chi connectivity index (χ3v) is 5.18. The molecular formula is C20H25N3O5. The van der Waals surface area contributed by atoms with Gasteiger partial charge in [0.1, 0.15) is 6.04 Å². The van der Waals surface area contributed by atoms with Crippen LogP contribution in [0, 0.1) is 0 Å². The summed E-state index contributed by atoms with van der Waals surface area (Å²) in [5.74, 6) is -0.780. The monoisotopic (exact) mass is 387 g/mol. The molecule has 0 spiro atoms. The van der Waals surface area contributed by atoms with E-state index in [9.17, 15) is 19.2 Å². The summed E-state index contributed by atoms with van der Waals surface area (Å²) in [5.41, 5.74) is 1.22. The molecule has 1 atom stereocenters. The van der Waals surface area contributed by atoms with Gasteiger partial charge in [-0.05, 0) is 43.5 Å². The molecule has 0 bridgehead atoms. The SMILES string of the molecule is COC(=O)CCN1CCC(NC(=O)c2ccc(N3CCCCC3=O)cc2)C1=O. The normalized spacial score (nSPS) is 19.7. The molecule has 2 saturated heterocycles. The number of nitrogens with one attached hydrogen (secondary N) is 1. The summed E-state index contributed by atoms with van der Waals surface area (Å²) in [4.78, 5) is 51.4. The third kappa shape index (κ3) is 4.49. The fourth-order valence-electron chi connectivity index (χ4n) is 3.54. The maximum atomic E-state index is 12.5. The van der Waals surface area contributed by atoms with Gasteiger partial charge in [0, 0.05) is 37.3 Å². The molecule has 0 aliphatic carbocycles. The molecule has 28 heavy (non-hydrogen) atoms. The lowest BCUT2D eigenvalue weighted by atomic mass is 10.1. The van der Waals surface area contributed by atoms with Gasteiger partial charge in [-0.25, -0.2) is 0 Å². The summed E-state index contributed by atoms with van der Waals surface area (Å²) in [6.07, 6.45) is 3.09. The number of ether oxygens (including phenoxy) is 1. The van der Waals surface area contributed by atoms with Gasteiger partial charge in [-0.3, -0.25) is 19.2 Å². The summed E-state index contributed by atoms with van der Waals surface area (Å²) in [5, 5.41) is 2.76. The average Bonchev–Trinajstić information content (AvgIpc) is 3.06. The first kappa shape index (κ1) is 19.9. The number of carbonyl (C=O) groups is 4. The molecule has 2 aliphatic rings. The van der Waals surface area contributed by atoms with Gasteiger partial charge in [-0.15, -0.1) is 0 Å². The van der Waals surface area contributed by atoms with E-state index in [1.54, 1.807) is 34.1 Å². The summed E-state index contributed by atoms with van der Waals surface area (Å²) in [7, 11) is 1.31. The highest BCUT2D eigenvalue weighted by Gasteiger charge is 2.33. The van der Waals surface area contributed by atoms with Crippen LogP contribution in [0.5, 0.6) is 0 Å². The summed E-state index contributed by atoms with van der Waals surface area (Å²) >= 11 is 0. The first-order valence-electron chi connectivity index (χ1n) is 9.56. The van der Waals surface area contributed by atoms with Crippen molar-refractivity contribution in [2.45, 2.75) is 38.1 Å². The van der Waals surface area contributed by atoms with Crippen molar-refractivity contribution < 1.29 is 23.9 Å². The molecule has 0 aromatic heterocycles. The number of rotatable bonds is 6. The van der Waals surface area contributed by atoms with Gasteiger partial charge in [0.15, 0.2) is 0 Å². The van der Waals surface area contributed by atoms with Gasteiger partial charge in [0.2, 0.25) is 11.8 Å². The first-order valence-corrected chi connectivity index (χ1v) is 9.56. The lowest BCUT2D eigenvalue weighted by Gasteiger charge is -2.26. The summed E-state index contributed by atoms with van der Waals surface area (Å²) < 4.78 is 4.58. The average molecular weight is 387 g/mol. The number of piperidine rings is 1. The molecule has 150 valence electrons. The number of esters is 1. The van der Waals surface area contributed by atoms with E-state index < -0.39 is 6.04 Å². The van der Waals surface area contributed by atoms with Crippen molar-refractivity contribution in [3.05, 3.63) is 29.8 Å². The Bertz CT molecular complexity index is 762.